The van der Waals surface area contributed by atoms with Gasteiger partial charge in [0.15, 0.2) is 0 Å². The fourth-order valence-electron chi connectivity index (χ4n) is 2.09. The molecule has 1 heterocycles. The predicted molar refractivity (Wildman–Crippen MR) is 77.3 cm³/mol. The van der Waals surface area contributed by atoms with Crippen molar-refractivity contribution >= 4 is 10.9 Å². The molecule has 0 aliphatic carbocycles. The van der Waals surface area contributed by atoms with Gasteiger partial charge in [0.25, 0.3) is 0 Å². The van der Waals surface area contributed by atoms with Gasteiger partial charge in [-0.1, -0.05) is 18.2 Å². The Morgan fingerprint density at radius 2 is 2.11 bits per heavy atom. The molecule has 0 aliphatic heterocycles. The third kappa shape index (κ3) is 3.38. The summed E-state index contributed by atoms with van der Waals surface area (Å²) in [5.74, 6) is 6.02. The van der Waals surface area contributed by atoms with Gasteiger partial charge in [-0.3, -0.25) is 0 Å². The normalized spacial score (nSPS) is 10.3. The summed E-state index contributed by atoms with van der Waals surface area (Å²) in [5, 5.41) is 4.81. The third-order valence-electron chi connectivity index (χ3n) is 3.07. The number of unbranched alkanes of at least 4 members (excludes halogenated alkanes) is 2. The molecule has 1 aromatic heterocycles. The van der Waals surface area contributed by atoms with Gasteiger partial charge in [0, 0.05) is 30.1 Å². The summed E-state index contributed by atoms with van der Waals surface area (Å²) >= 11 is 0. The number of aromatic nitrogens is 1. The van der Waals surface area contributed by atoms with Crippen LogP contribution in [0, 0.1) is 11.8 Å². The highest BCUT2D eigenvalue weighted by Gasteiger charge is 2.01. The number of hydrogen-bond donors (Lipinski definition) is 2. The fourth-order valence-corrected chi connectivity index (χ4v) is 2.09. The van der Waals surface area contributed by atoms with Crippen molar-refractivity contribution < 1.29 is 0 Å². The monoisotopic (exact) mass is 240 g/mol. The molecule has 0 radical (unpaired) electrons. The van der Waals surface area contributed by atoms with E-state index in [1.165, 1.54) is 29.3 Å². The number of H-pyrrole nitrogens is 1. The van der Waals surface area contributed by atoms with Crippen molar-refractivity contribution in [3.8, 4) is 11.8 Å². The molecule has 18 heavy (non-hydrogen) atoms. The van der Waals surface area contributed by atoms with Gasteiger partial charge in [-0.25, -0.2) is 0 Å². The molecule has 1 aromatic carbocycles. The van der Waals surface area contributed by atoms with Gasteiger partial charge >= 0.3 is 0 Å². The van der Waals surface area contributed by atoms with Crippen molar-refractivity contribution in [1.82, 2.24) is 10.3 Å². The molecule has 0 spiro atoms. The molecule has 0 saturated carbocycles. The van der Waals surface area contributed by atoms with E-state index in [9.17, 15) is 0 Å². The van der Waals surface area contributed by atoms with Crippen molar-refractivity contribution in [2.75, 3.05) is 6.54 Å². The maximum atomic E-state index is 3.49. The summed E-state index contributed by atoms with van der Waals surface area (Å²) in [7, 11) is 0. The smallest absolute Gasteiger partial charge is 0.0457 e. The van der Waals surface area contributed by atoms with Crippen LogP contribution < -0.4 is 5.32 Å². The number of aromatic amines is 1. The van der Waals surface area contributed by atoms with E-state index >= 15 is 0 Å². The second-order valence-electron chi connectivity index (χ2n) is 4.42. The van der Waals surface area contributed by atoms with Gasteiger partial charge < -0.3 is 10.3 Å². The average molecular weight is 240 g/mol. The molecule has 2 heteroatoms. The van der Waals surface area contributed by atoms with Gasteiger partial charge in [-0.15, -0.1) is 11.8 Å². The Labute approximate surface area is 109 Å². The molecule has 0 aliphatic rings. The fraction of sp³-hybridized carbons (Fsp3) is 0.375. The minimum absolute atomic E-state index is 0.934. The van der Waals surface area contributed by atoms with Crippen LogP contribution in [0.1, 0.15) is 31.7 Å². The molecule has 0 bridgehead atoms. The highest BCUT2D eigenvalue weighted by atomic mass is 14.9. The molecule has 0 atom stereocenters. The van der Waals surface area contributed by atoms with Crippen molar-refractivity contribution in [2.45, 2.75) is 32.7 Å². The Kier molecular flexibility index (Phi) is 4.87. The number of para-hydroxylation sites is 1. The summed E-state index contributed by atoms with van der Waals surface area (Å²) < 4.78 is 0. The first-order valence-electron chi connectivity index (χ1n) is 6.57. The summed E-state index contributed by atoms with van der Waals surface area (Å²) in [5.41, 5.74) is 2.56. The maximum absolute atomic E-state index is 3.49. The Morgan fingerprint density at radius 3 is 3.00 bits per heavy atom. The van der Waals surface area contributed by atoms with Crippen LogP contribution >= 0.6 is 0 Å². The number of benzene rings is 1. The van der Waals surface area contributed by atoms with E-state index in [1.807, 2.05) is 6.92 Å². The van der Waals surface area contributed by atoms with Crippen LogP contribution in [-0.2, 0) is 6.54 Å². The van der Waals surface area contributed by atoms with Crippen molar-refractivity contribution in [3.63, 3.8) is 0 Å². The van der Waals surface area contributed by atoms with Crippen LogP contribution in [0.2, 0.25) is 0 Å². The van der Waals surface area contributed by atoms with E-state index in [0.717, 1.165) is 19.5 Å². The van der Waals surface area contributed by atoms with Crippen LogP contribution in [0.25, 0.3) is 10.9 Å². The first-order valence-corrected chi connectivity index (χ1v) is 6.57. The lowest BCUT2D eigenvalue weighted by atomic mass is 10.2. The summed E-state index contributed by atoms with van der Waals surface area (Å²) in [6.07, 6.45) is 5.49. The van der Waals surface area contributed by atoms with Gasteiger partial charge in [0.2, 0.25) is 0 Å². The van der Waals surface area contributed by atoms with E-state index in [1.54, 1.807) is 0 Å². The predicted octanol–water partition coefficient (Wildman–Crippen LogP) is 3.45. The molecule has 2 N–H and O–H groups in total. The number of nitrogens with one attached hydrogen (secondary N) is 2. The minimum atomic E-state index is 0.934. The number of hydrogen-bond acceptors (Lipinski definition) is 1. The lowest BCUT2D eigenvalue weighted by Crippen LogP contribution is -2.14. The molecule has 0 fully saturated rings. The van der Waals surface area contributed by atoms with Crippen LogP contribution in [0.5, 0.6) is 0 Å². The summed E-state index contributed by atoms with van der Waals surface area (Å²) in [4.78, 5) is 3.30. The molecule has 2 nitrogen and oxygen atoms in total. The zero-order valence-corrected chi connectivity index (χ0v) is 10.9. The van der Waals surface area contributed by atoms with Crippen LogP contribution in [0.4, 0.5) is 0 Å². The standard InChI is InChI=1S/C16H20N2/c1-2-3-4-5-8-11-17-12-14-13-18-16-10-7-6-9-15(14)16/h6-7,9-10,13,17-18H,4-5,8,11-12H2,1H3. The molecular weight excluding hydrogens is 220 g/mol. The largest absolute Gasteiger partial charge is 0.361 e. The van der Waals surface area contributed by atoms with E-state index < -0.39 is 0 Å². The second kappa shape index (κ2) is 6.88. The Bertz CT molecular complexity index is 543. The molecule has 94 valence electrons. The highest BCUT2D eigenvalue weighted by molar-refractivity contribution is 5.82. The van der Waals surface area contributed by atoms with E-state index in [4.69, 9.17) is 0 Å². The zero-order chi connectivity index (χ0) is 12.6. The Hall–Kier alpha value is -1.72. The van der Waals surface area contributed by atoms with Gasteiger partial charge in [0.05, 0.1) is 0 Å². The topological polar surface area (TPSA) is 27.8 Å². The maximum Gasteiger partial charge on any atom is 0.0457 e. The molecule has 2 rings (SSSR count). The van der Waals surface area contributed by atoms with Crippen LogP contribution in [-0.4, -0.2) is 11.5 Å². The van der Waals surface area contributed by atoms with E-state index in [2.05, 4.69) is 52.6 Å². The van der Waals surface area contributed by atoms with E-state index in [0.29, 0.717) is 0 Å². The summed E-state index contributed by atoms with van der Waals surface area (Å²) in [6.45, 7) is 3.89. The van der Waals surface area contributed by atoms with Gasteiger partial charge in [-0.05, 0) is 37.9 Å². The highest BCUT2D eigenvalue weighted by Crippen LogP contribution is 2.17. The molecular formula is C16H20N2. The molecule has 0 amide bonds. The molecule has 0 saturated heterocycles. The molecule has 2 aromatic rings. The van der Waals surface area contributed by atoms with Gasteiger partial charge in [0.1, 0.15) is 0 Å². The van der Waals surface area contributed by atoms with E-state index in [-0.39, 0.29) is 0 Å². The van der Waals surface area contributed by atoms with Crippen molar-refractivity contribution in [2.24, 2.45) is 0 Å². The molecule has 0 unspecified atom stereocenters. The average Bonchev–Trinajstić information content (AvgIpc) is 2.81. The Morgan fingerprint density at radius 1 is 1.22 bits per heavy atom. The first-order chi connectivity index (χ1) is 8.92. The SMILES string of the molecule is CC#CCCCCNCc1c[nH]c2ccccc12. The van der Waals surface area contributed by atoms with Crippen LogP contribution in [0.15, 0.2) is 30.5 Å². The third-order valence-corrected chi connectivity index (χ3v) is 3.07. The number of fused-ring (bicyclic) bond motifs is 1. The second-order valence-corrected chi connectivity index (χ2v) is 4.42. The Balaban J connectivity index is 1.74. The number of rotatable bonds is 6. The quantitative estimate of drug-likeness (QED) is 0.587. The van der Waals surface area contributed by atoms with Crippen molar-refractivity contribution in [1.29, 1.82) is 0 Å². The summed E-state index contributed by atoms with van der Waals surface area (Å²) in [6, 6.07) is 8.43. The van der Waals surface area contributed by atoms with Crippen molar-refractivity contribution in [3.05, 3.63) is 36.0 Å². The first kappa shape index (κ1) is 12.7. The van der Waals surface area contributed by atoms with Crippen LogP contribution in [0.3, 0.4) is 0 Å². The zero-order valence-electron chi connectivity index (χ0n) is 10.9. The van der Waals surface area contributed by atoms with Gasteiger partial charge in [-0.2, -0.15) is 0 Å². The lowest BCUT2D eigenvalue weighted by Gasteiger charge is -2.02. The minimum Gasteiger partial charge on any atom is -0.361 e. The lowest BCUT2D eigenvalue weighted by molar-refractivity contribution is 0.631.